The molecule has 2 aliphatic heterocycles. The highest BCUT2D eigenvalue weighted by Gasteiger charge is 2.20. The second-order valence-corrected chi connectivity index (χ2v) is 4.72. The Bertz CT molecular complexity index is 392. The van der Waals surface area contributed by atoms with Crippen molar-refractivity contribution < 1.29 is 9.84 Å². The highest BCUT2D eigenvalue weighted by Crippen LogP contribution is 2.26. The topological polar surface area (TPSA) is 32.7 Å². The molecule has 16 heavy (non-hydrogen) atoms. The summed E-state index contributed by atoms with van der Waals surface area (Å²) in [5.74, 6) is 1.05. The third-order valence-electron chi connectivity index (χ3n) is 3.41. The number of fused-ring (bicyclic) bond motifs is 1. The first-order valence-electron chi connectivity index (χ1n) is 5.96. The third kappa shape index (κ3) is 1.93. The number of benzene rings is 1. The quantitative estimate of drug-likeness (QED) is 0.811. The number of nitrogens with zero attached hydrogens (tertiary/aromatic N) is 1. The molecule has 1 unspecified atom stereocenters. The summed E-state index contributed by atoms with van der Waals surface area (Å²) in [6.45, 7) is 3.59. The first-order chi connectivity index (χ1) is 7.81. The molecule has 1 fully saturated rings. The highest BCUT2D eigenvalue weighted by molar-refractivity contribution is 5.39. The Morgan fingerprint density at radius 2 is 2.38 bits per heavy atom. The van der Waals surface area contributed by atoms with Crippen molar-refractivity contribution in [1.82, 2.24) is 4.90 Å². The summed E-state index contributed by atoms with van der Waals surface area (Å²) < 4.78 is 5.49. The van der Waals surface area contributed by atoms with E-state index in [2.05, 4.69) is 23.1 Å². The minimum Gasteiger partial charge on any atom is -0.493 e. The van der Waals surface area contributed by atoms with Crippen molar-refractivity contribution in [3.05, 3.63) is 29.3 Å². The predicted octanol–water partition coefficient (Wildman–Crippen LogP) is 1.19. The Labute approximate surface area is 95.6 Å². The van der Waals surface area contributed by atoms with E-state index in [0.717, 1.165) is 44.8 Å². The number of ether oxygens (including phenoxy) is 1. The number of β-amino-alcohol motifs (C(OH)–C–C–N with tert-alkyl or cyclic N) is 1. The average Bonchev–Trinajstić information content (AvgIpc) is 2.87. The second-order valence-electron chi connectivity index (χ2n) is 4.72. The molecule has 1 saturated heterocycles. The number of hydrogen-bond acceptors (Lipinski definition) is 3. The van der Waals surface area contributed by atoms with Gasteiger partial charge in [0.2, 0.25) is 0 Å². The van der Waals surface area contributed by atoms with E-state index in [-0.39, 0.29) is 6.10 Å². The van der Waals surface area contributed by atoms with Crippen LogP contribution < -0.4 is 4.74 Å². The Balaban J connectivity index is 1.71. The Morgan fingerprint density at radius 1 is 1.44 bits per heavy atom. The number of aliphatic hydroxyl groups excluding tert-OH is 1. The molecule has 3 heteroatoms. The van der Waals surface area contributed by atoms with Gasteiger partial charge < -0.3 is 9.84 Å². The fraction of sp³-hybridized carbons (Fsp3) is 0.538. The van der Waals surface area contributed by atoms with Gasteiger partial charge in [-0.05, 0) is 23.6 Å². The van der Waals surface area contributed by atoms with Crippen LogP contribution in [0, 0.1) is 0 Å². The van der Waals surface area contributed by atoms with Gasteiger partial charge in [0, 0.05) is 26.1 Å². The van der Waals surface area contributed by atoms with Crippen molar-refractivity contribution in [2.75, 3.05) is 19.7 Å². The molecule has 86 valence electrons. The van der Waals surface area contributed by atoms with E-state index < -0.39 is 0 Å². The SMILES string of the molecule is OC1CCN(Cc2ccc3c(c2)CCO3)C1. The Hall–Kier alpha value is -1.06. The molecule has 0 saturated carbocycles. The van der Waals surface area contributed by atoms with Crippen molar-refractivity contribution in [2.45, 2.75) is 25.5 Å². The van der Waals surface area contributed by atoms with Crippen molar-refractivity contribution in [3.63, 3.8) is 0 Å². The maximum Gasteiger partial charge on any atom is 0.122 e. The van der Waals surface area contributed by atoms with Crippen LogP contribution in [0.15, 0.2) is 18.2 Å². The van der Waals surface area contributed by atoms with Crippen LogP contribution in [0.25, 0.3) is 0 Å². The molecule has 3 rings (SSSR count). The van der Waals surface area contributed by atoms with Crippen LogP contribution in [-0.4, -0.2) is 35.8 Å². The van der Waals surface area contributed by atoms with Crippen molar-refractivity contribution in [2.24, 2.45) is 0 Å². The van der Waals surface area contributed by atoms with Crippen molar-refractivity contribution in [3.8, 4) is 5.75 Å². The van der Waals surface area contributed by atoms with Crippen LogP contribution >= 0.6 is 0 Å². The summed E-state index contributed by atoms with van der Waals surface area (Å²) >= 11 is 0. The van der Waals surface area contributed by atoms with Gasteiger partial charge in [-0.2, -0.15) is 0 Å². The normalized spacial score (nSPS) is 24.4. The van der Waals surface area contributed by atoms with Gasteiger partial charge in [-0.3, -0.25) is 4.90 Å². The van der Waals surface area contributed by atoms with E-state index >= 15 is 0 Å². The van der Waals surface area contributed by atoms with Crippen LogP contribution in [0.5, 0.6) is 5.75 Å². The van der Waals surface area contributed by atoms with Crippen LogP contribution in [0.2, 0.25) is 0 Å². The Morgan fingerprint density at radius 3 is 3.19 bits per heavy atom. The maximum atomic E-state index is 9.47. The standard InChI is InChI=1S/C13H17NO2/c15-12-3-5-14(9-12)8-10-1-2-13-11(7-10)4-6-16-13/h1-2,7,12,15H,3-6,8-9H2. The zero-order valence-electron chi connectivity index (χ0n) is 9.35. The summed E-state index contributed by atoms with van der Waals surface area (Å²) in [6, 6.07) is 6.45. The molecule has 0 radical (unpaired) electrons. The molecule has 0 bridgehead atoms. The lowest BCUT2D eigenvalue weighted by molar-refractivity contribution is 0.175. The summed E-state index contributed by atoms with van der Waals surface area (Å²) in [5, 5.41) is 9.47. The lowest BCUT2D eigenvalue weighted by Gasteiger charge is -2.15. The van der Waals surface area contributed by atoms with Crippen molar-refractivity contribution >= 4 is 0 Å². The first kappa shape index (κ1) is 10.1. The van der Waals surface area contributed by atoms with Gasteiger partial charge in [0.1, 0.15) is 5.75 Å². The smallest absolute Gasteiger partial charge is 0.122 e. The van der Waals surface area contributed by atoms with Gasteiger partial charge in [0.15, 0.2) is 0 Å². The molecule has 1 aromatic carbocycles. The second kappa shape index (κ2) is 4.07. The number of aliphatic hydroxyl groups is 1. The van der Waals surface area contributed by atoms with Crippen LogP contribution in [-0.2, 0) is 13.0 Å². The van der Waals surface area contributed by atoms with Gasteiger partial charge >= 0.3 is 0 Å². The fourth-order valence-corrected chi connectivity index (χ4v) is 2.55. The number of rotatable bonds is 2. The van der Waals surface area contributed by atoms with Gasteiger partial charge in [-0.15, -0.1) is 0 Å². The van der Waals surface area contributed by atoms with E-state index in [1.54, 1.807) is 0 Å². The van der Waals surface area contributed by atoms with E-state index in [9.17, 15) is 5.11 Å². The van der Waals surface area contributed by atoms with Crippen LogP contribution in [0.1, 0.15) is 17.5 Å². The zero-order chi connectivity index (χ0) is 11.0. The van der Waals surface area contributed by atoms with Gasteiger partial charge in [-0.1, -0.05) is 12.1 Å². The number of likely N-dealkylation sites (tertiary alicyclic amines) is 1. The number of hydrogen-bond donors (Lipinski definition) is 1. The fourth-order valence-electron chi connectivity index (χ4n) is 2.55. The molecule has 2 heterocycles. The predicted molar refractivity (Wildman–Crippen MR) is 61.5 cm³/mol. The lowest BCUT2D eigenvalue weighted by Crippen LogP contribution is -2.21. The highest BCUT2D eigenvalue weighted by atomic mass is 16.5. The summed E-state index contributed by atoms with van der Waals surface area (Å²) in [4.78, 5) is 2.31. The van der Waals surface area contributed by atoms with E-state index in [4.69, 9.17) is 4.74 Å². The lowest BCUT2D eigenvalue weighted by atomic mass is 10.1. The minimum atomic E-state index is -0.127. The molecule has 0 aliphatic carbocycles. The van der Waals surface area contributed by atoms with Crippen molar-refractivity contribution in [1.29, 1.82) is 0 Å². The van der Waals surface area contributed by atoms with Gasteiger partial charge in [0.25, 0.3) is 0 Å². The average molecular weight is 219 g/mol. The van der Waals surface area contributed by atoms with Crippen LogP contribution in [0.3, 0.4) is 0 Å². The molecule has 0 amide bonds. The largest absolute Gasteiger partial charge is 0.493 e. The van der Waals surface area contributed by atoms with Crippen LogP contribution in [0.4, 0.5) is 0 Å². The molecule has 0 aromatic heterocycles. The zero-order valence-corrected chi connectivity index (χ0v) is 9.35. The molecule has 2 aliphatic rings. The molecule has 1 atom stereocenters. The molecule has 1 aromatic rings. The maximum absolute atomic E-state index is 9.47. The third-order valence-corrected chi connectivity index (χ3v) is 3.41. The summed E-state index contributed by atoms with van der Waals surface area (Å²) in [5.41, 5.74) is 2.66. The molecule has 1 N–H and O–H groups in total. The molecule has 3 nitrogen and oxygen atoms in total. The molecular weight excluding hydrogens is 202 g/mol. The van der Waals surface area contributed by atoms with E-state index in [0.29, 0.717) is 0 Å². The Kier molecular flexibility index (Phi) is 2.58. The minimum absolute atomic E-state index is 0.127. The van der Waals surface area contributed by atoms with E-state index in [1.807, 2.05) is 0 Å². The monoisotopic (exact) mass is 219 g/mol. The van der Waals surface area contributed by atoms with Gasteiger partial charge in [-0.25, -0.2) is 0 Å². The summed E-state index contributed by atoms with van der Waals surface area (Å²) in [7, 11) is 0. The summed E-state index contributed by atoms with van der Waals surface area (Å²) in [6.07, 6.45) is 1.82. The van der Waals surface area contributed by atoms with E-state index in [1.165, 1.54) is 11.1 Å². The van der Waals surface area contributed by atoms with Gasteiger partial charge in [0.05, 0.1) is 12.7 Å². The molecule has 0 spiro atoms. The first-order valence-corrected chi connectivity index (χ1v) is 5.96. The molecular formula is C13H17NO2.